The van der Waals surface area contributed by atoms with Crippen molar-refractivity contribution in [2.75, 3.05) is 26.7 Å². The predicted molar refractivity (Wildman–Crippen MR) is 81.4 cm³/mol. The molecule has 2 saturated heterocycles. The number of aliphatic imine (C=N–C) groups is 1. The van der Waals surface area contributed by atoms with Crippen molar-refractivity contribution in [2.24, 2.45) is 10.9 Å². The van der Waals surface area contributed by atoms with Crippen LogP contribution in [-0.2, 0) is 0 Å². The maximum Gasteiger partial charge on any atom is 0.157 e. The van der Waals surface area contributed by atoms with E-state index in [1.807, 2.05) is 11.8 Å². The minimum absolute atomic E-state index is 0.586. The Kier molecular flexibility index (Phi) is 5.37. The molecule has 2 aliphatic rings. The third-order valence-electron chi connectivity index (χ3n) is 4.00. The topological polar surface area (TPSA) is 27.6 Å². The van der Waals surface area contributed by atoms with E-state index in [-0.39, 0.29) is 0 Å². The third kappa shape index (κ3) is 4.47. The highest BCUT2D eigenvalue weighted by atomic mass is 32.2. The lowest BCUT2D eigenvalue weighted by atomic mass is 9.94. The van der Waals surface area contributed by atoms with Gasteiger partial charge in [0.1, 0.15) is 0 Å². The molecule has 0 aromatic heterocycles. The number of thioether (sulfide) groups is 1. The average molecular weight is 269 g/mol. The van der Waals surface area contributed by atoms with E-state index < -0.39 is 0 Å². The number of likely N-dealkylation sites (tertiary alicyclic amines) is 1. The average Bonchev–Trinajstić information content (AvgIpc) is 2.30. The minimum Gasteiger partial charge on any atom is -0.362 e. The summed E-state index contributed by atoms with van der Waals surface area (Å²) in [6, 6.07) is 0.586. The Morgan fingerprint density at radius 2 is 2.06 bits per heavy atom. The van der Waals surface area contributed by atoms with Gasteiger partial charge in [0, 0.05) is 17.8 Å². The van der Waals surface area contributed by atoms with E-state index >= 15 is 0 Å². The maximum absolute atomic E-state index is 4.75. The van der Waals surface area contributed by atoms with Gasteiger partial charge in [-0.2, -0.15) is 0 Å². The Balaban J connectivity index is 1.70. The number of piperidine rings is 1. The SMILES string of the molecule is CC1CC(C)SC(=NCCC2CCN(C)CC2)N1. The molecule has 104 valence electrons. The van der Waals surface area contributed by atoms with Crippen molar-refractivity contribution >= 4 is 16.9 Å². The van der Waals surface area contributed by atoms with Crippen molar-refractivity contribution in [3.05, 3.63) is 0 Å². The fourth-order valence-electron chi connectivity index (χ4n) is 2.82. The molecule has 0 aromatic rings. The van der Waals surface area contributed by atoms with E-state index in [9.17, 15) is 0 Å². The van der Waals surface area contributed by atoms with Crippen LogP contribution < -0.4 is 5.32 Å². The lowest BCUT2D eigenvalue weighted by molar-refractivity contribution is 0.214. The number of nitrogens with one attached hydrogen (secondary N) is 1. The van der Waals surface area contributed by atoms with Gasteiger partial charge in [-0.25, -0.2) is 0 Å². The first-order valence-electron chi connectivity index (χ1n) is 7.29. The second kappa shape index (κ2) is 6.80. The molecule has 0 saturated carbocycles. The van der Waals surface area contributed by atoms with Crippen molar-refractivity contribution in [3.8, 4) is 0 Å². The first-order valence-corrected chi connectivity index (χ1v) is 8.17. The van der Waals surface area contributed by atoms with E-state index in [2.05, 4.69) is 31.1 Å². The number of amidine groups is 1. The van der Waals surface area contributed by atoms with E-state index in [4.69, 9.17) is 4.99 Å². The lowest BCUT2D eigenvalue weighted by Gasteiger charge is -2.29. The van der Waals surface area contributed by atoms with E-state index in [1.165, 1.54) is 43.9 Å². The highest BCUT2D eigenvalue weighted by molar-refractivity contribution is 8.14. The van der Waals surface area contributed by atoms with Crippen LogP contribution in [0.15, 0.2) is 4.99 Å². The summed E-state index contributed by atoms with van der Waals surface area (Å²) in [5, 5.41) is 5.38. The van der Waals surface area contributed by atoms with Gasteiger partial charge in [-0.15, -0.1) is 0 Å². The van der Waals surface area contributed by atoms with Crippen molar-refractivity contribution in [1.29, 1.82) is 0 Å². The molecule has 0 aromatic carbocycles. The molecule has 0 radical (unpaired) electrons. The van der Waals surface area contributed by atoms with Crippen LogP contribution in [0, 0.1) is 5.92 Å². The quantitative estimate of drug-likeness (QED) is 0.853. The van der Waals surface area contributed by atoms with Crippen molar-refractivity contribution in [3.63, 3.8) is 0 Å². The molecular formula is C14H27N3S. The monoisotopic (exact) mass is 269 g/mol. The van der Waals surface area contributed by atoms with Crippen LogP contribution in [0.5, 0.6) is 0 Å². The highest BCUT2D eigenvalue weighted by Gasteiger charge is 2.20. The molecule has 2 rings (SSSR count). The summed E-state index contributed by atoms with van der Waals surface area (Å²) in [4.78, 5) is 7.19. The lowest BCUT2D eigenvalue weighted by Crippen LogP contribution is -2.38. The Hall–Kier alpha value is -0.220. The fraction of sp³-hybridized carbons (Fsp3) is 0.929. The summed E-state index contributed by atoms with van der Waals surface area (Å²) in [6.45, 7) is 8.09. The third-order valence-corrected chi connectivity index (χ3v) is 5.06. The summed E-state index contributed by atoms with van der Waals surface area (Å²) >= 11 is 1.91. The van der Waals surface area contributed by atoms with E-state index in [1.54, 1.807) is 0 Å². The van der Waals surface area contributed by atoms with Crippen LogP contribution in [0.1, 0.15) is 39.5 Å². The molecule has 2 atom stereocenters. The highest BCUT2D eigenvalue weighted by Crippen LogP contribution is 2.23. The first kappa shape index (κ1) is 14.2. The van der Waals surface area contributed by atoms with Crippen molar-refractivity contribution in [2.45, 2.75) is 50.8 Å². The second-order valence-corrected chi connectivity index (χ2v) is 7.36. The molecule has 2 aliphatic heterocycles. The van der Waals surface area contributed by atoms with Gasteiger partial charge >= 0.3 is 0 Å². The summed E-state index contributed by atoms with van der Waals surface area (Å²) in [5.74, 6) is 0.897. The van der Waals surface area contributed by atoms with Gasteiger partial charge in [0.05, 0.1) is 0 Å². The molecule has 2 unspecified atom stereocenters. The fourth-order valence-corrected chi connectivity index (χ4v) is 4.02. The summed E-state index contributed by atoms with van der Waals surface area (Å²) in [5.41, 5.74) is 0. The molecule has 0 aliphatic carbocycles. The van der Waals surface area contributed by atoms with Gasteiger partial charge in [-0.1, -0.05) is 18.7 Å². The van der Waals surface area contributed by atoms with Gasteiger partial charge in [-0.05, 0) is 58.7 Å². The molecule has 2 fully saturated rings. The van der Waals surface area contributed by atoms with Crippen LogP contribution in [0.4, 0.5) is 0 Å². The Labute approximate surface area is 116 Å². The van der Waals surface area contributed by atoms with Crippen LogP contribution in [-0.4, -0.2) is 48.0 Å². The van der Waals surface area contributed by atoms with Crippen molar-refractivity contribution < 1.29 is 0 Å². The normalized spacial score (nSPS) is 33.6. The first-order chi connectivity index (χ1) is 8.63. The zero-order valence-electron chi connectivity index (χ0n) is 12.0. The molecule has 4 heteroatoms. The standard InChI is InChI=1S/C14H27N3S/c1-11-10-12(2)18-14(16-11)15-7-4-13-5-8-17(3)9-6-13/h11-13H,4-10H2,1-3H3,(H,15,16). The molecule has 0 amide bonds. The zero-order valence-corrected chi connectivity index (χ0v) is 12.8. The van der Waals surface area contributed by atoms with E-state index in [0.717, 1.165) is 12.5 Å². The minimum atomic E-state index is 0.586. The molecule has 3 nitrogen and oxygen atoms in total. The van der Waals surface area contributed by atoms with Crippen molar-refractivity contribution in [1.82, 2.24) is 10.2 Å². The smallest absolute Gasteiger partial charge is 0.157 e. The maximum atomic E-state index is 4.75. The van der Waals surface area contributed by atoms with Gasteiger partial charge in [0.15, 0.2) is 5.17 Å². The Morgan fingerprint density at radius 1 is 1.33 bits per heavy atom. The second-order valence-electron chi connectivity index (χ2n) is 5.93. The molecule has 18 heavy (non-hydrogen) atoms. The molecular weight excluding hydrogens is 242 g/mol. The zero-order chi connectivity index (χ0) is 13.0. The Bertz CT molecular complexity index is 273. The summed E-state index contributed by atoms with van der Waals surface area (Å²) < 4.78 is 0. The van der Waals surface area contributed by atoms with E-state index in [0.29, 0.717) is 11.3 Å². The van der Waals surface area contributed by atoms with Crippen LogP contribution in [0.2, 0.25) is 0 Å². The molecule has 0 spiro atoms. The predicted octanol–water partition coefficient (Wildman–Crippen LogP) is 2.58. The van der Waals surface area contributed by atoms with Crippen LogP contribution >= 0.6 is 11.8 Å². The van der Waals surface area contributed by atoms with Gasteiger partial charge in [0.25, 0.3) is 0 Å². The number of nitrogens with zero attached hydrogens (tertiary/aromatic N) is 2. The van der Waals surface area contributed by atoms with Gasteiger partial charge in [0.2, 0.25) is 0 Å². The number of rotatable bonds is 3. The molecule has 1 N–H and O–H groups in total. The Morgan fingerprint density at radius 3 is 2.72 bits per heavy atom. The number of hydrogen-bond donors (Lipinski definition) is 1. The van der Waals surface area contributed by atoms with Crippen LogP contribution in [0.3, 0.4) is 0 Å². The van der Waals surface area contributed by atoms with Gasteiger partial charge < -0.3 is 10.2 Å². The number of hydrogen-bond acceptors (Lipinski definition) is 3. The molecule has 2 heterocycles. The molecule has 0 bridgehead atoms. The van der Waals surface area contributed by atoms with Crippen LogP contribution in [0.25, 0.3) is 0 Å². The summed E-state index contributed by atoms with van der Waals surface area (Å²) in [6.07, 6.45) is 5.23. The van der Waals surface area contributed by atoms with Gasteiger partial charge in [-0.3, -0.25) is 4.99 Å². The largest absolute Gasteiger partial charge is 0.362 e. The summed E-state index contributed by atoms with van der Waals surface area (Å²) in [7, 11) is 2.22.